The van der Waals surface area contributed by atoms with Crippen LogP contribution in [-0.2, 0) is 4.79 Å². The highest BCUT2D eigenvalue weighted by Crippen LogP contribution is 2.35. The molecule has 8 nitrogen and oxygen atoms in total. The van der Waals surface area contributed by atoms with Gasteiger partial charge < -0.3 is 25.0 Å². The van der Waals surface area contributed by atoms with Gasteiger partial charge in [0.15, 0.2) is 0 Å². The average molecular weight is 404 g/mol. The minimum atomic E-state index is -0.714. The summed E-state index contributed by atoms with van der Waals surface area (Å²) in [4.78, 5) is 29.8. The molecule has 2 aliphatic heterocycles. The van der Waals surface area contributed by atoms with Crippen molar-refractivity contribution in [1.82, 2.24) is 10.2 Å². The number of benzene rings is 1. The van der Waals surface area contributed by atoms with Crippen LogP contribution in [0.15, 0.2) is 24.3 Å². The van der Waals surface area contributed by atoms with E-state index >= 15 is 0 Å². The SMILES string of the molecule is COc1ccccc1N1CC[NH+](C[C@@H](O)CN2C(=O)NC3(CCCC3)C2=O)CC1. The maximum absolute atomic E-state index is 12.7. The normalized spacial score (nSPS) is 23.0. The van der Waals surface area contributed by atoms with Gasteiger partial charge in [0, 0.05) is 0 Å². The monoisotopic (exact) mass is 403 g/mol. The van der Waals surface area contributed by atoms with E-state index in [0.717, 1.165) is 50.5 Å². The Kier molecular flexibility index (Phi) is 5.65. The molecule has 3 amide bonds. The Bertz CT molecular complexity index is 757. The topological polar surface area (TPSA) is 86.6 Å². The third-order valence-electron chi connectivity index (χ3n) is 6.52. The molecule has 0 unspecified atom stereocenters. The number of para-hydroxylation sites is 2. The molecule has 1 aromatic rings. The van der Waals surface area contributed by atoms with Crippen LogP contribution >= 0.6 is 0 Å². The Labute approximate surface area is 171 Å². The van der Waals surface area contributed by atoms with Gasteiger partial charge in [-0.2, -0.15) is 0 Å². The molecule has 3 N–H and O–H groups in total. The number of aliphatic hydroxyl groups excluding tert-OH is 1. The van der Waals surface area contributed by atoms with Crippen LogP contribution in [0.4, 0.5) is 10.5 Å². The van der Waals surface area contributed by atoms with Crippen molar-refractivity contribution in [2.45, 2.75) is 37.3 Å². The van der Waals surface area contributed by atoms with Gasteiger partial charge in [-0.15, -0.1) is 0 Å². The van der Waals surface area contributed by atoms with E-state index in [1.165, 1.54) is 9.80 Å². The van der Waals surface area contributed by atoms with Crippen LogP contribution in [0.25, 0.3) is 0 Å². The number of methoxy groups -OCH3 is 1. The van der Waals surface area contributed by atoms with E-state index in [1.807, 2.05) is 18.2 Å². The molecule has 29 heavy (non-hydrogen) atoms. The summed E-state index contributed by atoms with van der Waals surface area (Å²) in [6, 6.07) is 7.65. The third kappa shape index (κ3) is 3.91. The second kappa shape index (κ2) is 8.20. The Morgan fingerprint density at radius 3 is 2.59 bits per heavy atom. The molecule has 0 radical (unpaired) electrons. The van der Waals surface area contributed by atoms with Crippen LogP contribution in [-0.4, -0.2) is 80.0 Å². The summed E-state index contributed by atoms with van der Waals surface area (Å²) >= 11 is 0. The highest BCUT2D eigenvalue weighted by molar-refractivity contribution is 6.07. The Morgan fingerprint density at radius 1 is 1.21 bits per heavy atom. The van der Waals surface area contributed by atoms with Crippen molar-refractivity contribution in [3.8, 4) is 5.75 Å². The van der Waals surface area contributed by atoms with Gasteiger partial charge in [-0.3, -0.25) is 9.69 Å². The fraction of sp³-hybridized carbons (Fsp3) is 0.619. The van der Waals surface area contributed by atoms with Crippen LogP contribution in [0, 0.1) is 0 Å². The number of nitrogens with one attached hydrogen (secondary N) is 2. The summed E-state index contributed by atoms with van der Waals surface area (Å²) in [5, 5.41) is 13.4. The highest BCUT2D eigenvalue weighted by Gasteiger charge is 2.52. The number of hydrogen-bond donors (Lipinski definition) is 3. The lowest BCUT2D eigenvalue weighted by Crippen LogP contribution is -3.16. The van der Waals surface area contributed by atoms with Crippen molar-refractivity contribution in [1.29, 1.82) is 0 Å². The van der Waals surface area contributed by atoms with Crippen molar-refractivity contribution >= 4 is 17.6 Å². The smallest absolute Gasteiger partial charge is 0.325 e. The van der Waals surface area contributed by atoms with E-state index in [1.54, 1.807) is 7.11 Å². The Hall–Kier alpha value is -2.32. The highest BCUT2D eigenvalue weighted by atomic mass is 16.5. The number of quaternary nitrogens is 1. The zero-order valence-electron chi connectivity index (χ0n) is 17.0. The summed E-state index contributed by atoms with van der Waals surface area (Å²) < 4.78 is 5.46. The minimum absolute atomic E-state index is 0.0755. The lowest BCUT2D eigenvalue weighted by atomic mass is 9.98. The van der Waals surface area contributed by atoms with E-state index in [0.29, 0.717) is 19.4 Å². The van der Waals surface area contributed by atoms with E-state index < -0.39 is 11.6 Å². The van der Waals surface area contributed by atoms with Crippen LogP contribution in [0.3, 0.4) is 0 Å². The maximum Gasteiger partial charge on any atom is 0.325 e. The van der Waals surface area contributed by atoms with Crippen molar-refractivity contribution in [3.63, 3.8) is 0 Å². The van der Waals surface area contributed by atoms with E-state index in [4.69, 9.17) is 4.74 Å². The quantitative estimate of drug-likeness (QED) is 0.564. The molecule has 1 saturated carbocycles. The Morgan fingerprint density at radius 2 is 1.90 bits per heavy atom. The second-order valence-electron chi connectivity index (χ2n) is 8.40. The van der Waals surface area contributed by atoms with Crippen LogP contribution in [0.5, 0.6) is 5.75 Å². The van der Waals surface area contributed by atoms with Gasteiger partial charge in [0.2, 0.25) is 0 Å². The number of nitrogens with zero attached hydrogens (tertiary/aromatic N) is 2. The van der Waals surface area contributed by atoms with Gasteiger partial charge >= 0.3 is 6.03 Å². The first-order valence-electron chi connectivity index (χ1n) is 10.6. The molecule has 3 aliphatic rings. The lowest BCUT2D eigenvalue weighted by molar-refractivity contribution is -0.903. The number of ether oxygens (including phenoxy) is 1. The molecule has 2 heterocycles. The molecule has 158 valence electrons. The average Bonchev–Trinajstić information content (AvgIpc) is 3.29. The Balaban J connectivity index is 1.28. The zero-order chi connectivity index (χ0) is 20.4. The number of rotatable bonds is 6. The van der Waals surface area contributed by atoms with Crippen LogP contribution < -0.4 is 19.9 Å². The van der Waals surface area contributed by atoms with E-state index in [-0.39, 0.29) is 18.5 Å². The van der Waals surface area contributed by atoms with Gasteiger partial charge in [-0.05, 0) is 25.0 Å². The van der Waals surface area contributed by atoms with Crippen molar-refractivity contribution < 1.29 is 24.3 Å². The summed E-state index contributed by atoms with van der Waals surface area (Å²) in [6.07, 6.45) is 2.63. The maximum atomic E-state index is 12.7. The molecule has 1 aromatic carbocycles. The van der Waals surface area contributed by atoms with Crippen molar-refractivity contribution in [2.75, 3.05) is 51.3 Å². The number of piperazine rings is 1. The molecule has 0 aromatic heterocycles. The van der Waals surface area contributed by atoms with Gasteiger partial charge in [-0.25, -0.2) is 4.79 Å². The van der Waals surface area contributed by atoms with Gasteiger partial charge in [0.25, 0.3) is 5.91 Å². The van der Waals surface area contributed by atoms with E-state index in [9.17, 15) is 14.7 Å². The lowest BCUT2D eigenvalue weighted by Gasteiger charge is -2.35. The minimum Gasteiger partial charge on any atom is -0.495 e. The fourth-order valence-electron chi connectivity index (χ4n) is 4.93. The predicted octanol–water partition coefficient (Wildman–Crippen LogP) is -0.374. The number of amides is 3. The number of imide groups is 1. The van der Waals surface area contributed by atoms with Crippen LogP contribution in [0.2, 0.25) is 0 Å². The predicted molar refractivity (Wildman–Crippen MR) is 108 cm³/mol. The molecule has 1 aliphatic carbocycles. The number of carbonyl (C=O) groups excluding carboxylic acids is 2. The van der Waals surface area contributed by atoms with Gasteiger partial charge in [0.1, 0.15) is 23.9 Å². The molecule has 1 atom stereocenters. The molecule has 8 heteroatoms. The summed E-state index contributed by atoms with van der Waals surface area (Å²) in [6.45, 7) is 4.12. The molecule has 0 bridgehead atoms. The van der Waals surface area contributed by atoms with Gasteiger partial charge in [-0.1, -0.05) is 25.0 Å². The first kappa shape index (κ1) is 20.0. The second-order valence-corrected chi connectivity index (χ2v) is 8.40. The van der Waals surface area contributed by atoms with Crippen LogP contribution in [0.1, 0.15) is 25.7 Å². The van der Waals surface area contributed by atoms with Gasteiger partial charge in [0.05, 0.1) is 45.5 Å². The number of aliphatic hydroxyl groups is 1. The summed E-state index contributed by atoms with van der Waals surface area (Å²) in [5.74, 6) is 0.713. The molecule has 4 rings (SSSR count). The molecule has 2 saturated heterocycles. The fourth-order valence-corrected chi connectivity index (χ4v) is 4.93. The number of urea groups is 1. The molecular formula is C21H31N4O4+. The standard InChI is InChI=1S/C21H30N4O4/c1-29-18-7-3-2-6-17(18)24-12-10-23(11-13-24)14-16(26)15-25-19(27)21(22-20(25)28)8-4-5-9-21/h2-3,6-7,16,26H,4-5,8-15H2,1H3,(H,22,28)/p+1/t16-/m1/s1. The number of anilines is 1. The molecule has 3 fully saturated rings. The first-order valence-corrected chi connectivity index (χ1v) is 10.6. The van der Waals surface area contributed by atoms with Crippen molar-refractivity contribution in [2.24, 2.45) is 0 Å². The number of hydrogen-bond acceptors (Lipinski definition) is 5. The largest absolute Gasteiger partial charge is 0.495 e. The summed E-state index contributed by atoms with van der Waals surface area (Å²) in [7, 11) is 1.68. The summed E-state index contributed by atoms with van der Waals surface area (Å²) in [5.41, 5.74) is 0.389. The first-order chi connectivity index (χ1) is 14.0. The third-order valence-corrected chi connectivity index (χ3v) is 6.52. The zero-order valence-corrected chi connectivity index (χ0v) is 17.0. The van der Waals surface area contributed by atoms with E-state index in [2.05, 4.69) is 16.3 Å². The molecular weight excluding hydrogens is 372 g/mol. The van der Waals surface area contributed by atoms with Crippen molar-refractivity contribution in [3.05, 3.63) is 24.3 Å². The number of carbonyl (C=O) groups is 2. The number of β-amino-alcohol motifs (C(OH)–C–C–N with tert-alkyl or cyclic N) is 1. The molecule has 1 spiro atoms.